The Labute approximate surface area is 148 Å². The summed E-state index contributed by atoms with van der Waals surface area (Å²) < 4.78 is 0. The average molecular weight is 331 g/mol. The first-order chi connectivity index (χ1) is 11.7. The predicted molar refractivity (Wildman–Crippen MR) is 103 cm³/mol. The smallest absolute Gasteiger partial charge is 0.303 e. The zero-order valence-corrected chi connectivity index (χ0v) is 15.3. The van der Waals surface area contributed by atoms with Gasteiger partial charge in [-0.15, -0.1) is 0 Å². The van der Waals surface area contributed by atoms with Gasteiger partial charge in [0.05, 0.1) is 0 Å². The lowest BCUT2D eigenvalue weighted by molar-refractivity contribution is -0.136. The van der Waals surface area contributed by atoms with Crippen molar-refractivity contribution >= 4 is 12.0 Å². The van der Waals surface area contributed by atoms with Gasteiger partial charge in [0.25, 0.3) is 0 Å². The van der Waals surface area contributed by atoms with Crippen LogP contribution < -0.4 is 0 Å². The maximum Gasteiger partial charge on any atom is 0.303 e. The van der Waals surface area contributed by atoms with Crippen LogP contribution in [0.25, 0.3) is 6.08 Å². The van der Waals surface area contributed by atoms with Crippen molar-refractivity contribution in [2.75, 3.05) is 0 Å². The molecular weight excluding hydrogens is 296 g/mol. The van der Waals surface area contributed by atoms with Crippen molar-refractivity contribution in [3.8, 4) is 0 Å². The fourth-order valence-corrected chi connectivity index (χ4v) is 2.95. The van der Waals surface area contributed by atoms with Crippen molar-refractivity contribution in [2.45, 2.75) is 84.0 Å². The van der Waals surface area contributed by atoms with Crippen molar-refractivity contribution in [3.05, 3.63) is 41.5 Å². The van der Waals surface area contributed by atoms with Crippen LogP contribution in [0.15, 0.2) is 30.3 Å². The lowest BCUT2D eigenvalue weighted by Gasteiger charge is -2.04. The first kappa shape index (κ1) is 20.5. The van der Waals surface area contributed by atoms with Crippen LogP contribution in [-0.4, -0.2) is 11.1 Å². The zero-order chi connectivity index (χ0) is 17.5. The molecule has 1 aromatic carbocycles. The Hall–Kier alpha value is -1.57. The van der Waals surface area contributed by atoms with Gasteiger partial charge in [0.15, 0.2) is 0 Å². The van der Waals surface area contributed by atoms with Crippen LogP contribution >= 0.6 is 0 Å². The monoisotopic (exact) mass is 330 g/mol. The Bertz CT molecular complexity index is 477. The van der Waals surface area contributed by atoms with E-state index in [9.17, 15) is 4.79 Å². The summed E-state index contributed by atoms with van der Waals surface area (Å²) in [5.41, 5.74) is 2.29. The van der Waals surface area contributed by atoms with Crippen LogP contribution in [0.1, 0.15) is 88.7 Å². The van der Waals surface area contributed by atoms with E-state index in [0.29, 0.717) is 6.42 Å². The molecule has 0 aliphatic carbocycles. The van der Waals surface area contributed by atoms with E-state index in [1.54, 1.807) is 0 Å². The van der Waals surface area contributed by atoms with Crippen molar-refractivity contribution in [1.82, 2.24) is 0 Å². The Morgan fingerprint density at radius 2 is 1.58 bits per heavy atom. The molecule has 0 aliphatic rings. The summed E-state index contributed by atoms with van der Waals surface area (Å²) >= 11 is 0. The summed E-state index contributed by atoms with van der Waals surface area (Å²) in [5, 5.41) is 8.82. The first-order valence-corrected chi connectivity index (χ1v) is 9.70. The molecule has 0 radical (unpaired) electrons. The van der Waals surface area contributed by atoms with Crippen LogP contribution in [0.4, 0.5) is 0 Å². The number of carboxylic acids is 1. The second kappa shape index (κ2) is 13.8. The molecule has 24 heavy (non-hydrogen) atoms. The highest BCUT2D eigenvalue weighted by Gasteiger charge is 2.02. The van der Waals surface area contributed by atoms with Gasteiger partial charge in [-0.1, -0.05) is 94.7 Å². The highest BCUT2D eigenvalue weighted by atomic mass is 16.4. The number of rotatable bonds is 14. The van der Waals surface area contributed by atoms with Crippen LogP contribution in [0.3, 0.4) is 0 Å². The summed E-state index contributed by atoms with van der Waals surface area (Å²) in [4.78, 5) is 10.7. The molecule has 0 aliphatic heterocycles. The molecule has 134 valence electrons. The van der Waals surface area contributed by atoms with Crippen molar-refractivity contribution in [3.63, 3.8) is 0 Å². The number of benzene rings is 1. The van der Waals surface area contributed by atoms with Gasteiger partial charge in [0.2, 0.25) is 0 Å². The summed E-state index contributed by atoms with van der Waals surface area (Å²) in [7, 11) is 0. The Kier molecular flexibility index (Phi) is 11.8. The third-order valence-electron chi connectivity index (χ3n) is 4.44. The van der Waals surface area contributed by atoms with Gasteiger partial charge in [0.1, 0.15) is 0 Å². The lowest BCUT2D eigenvalue weighted by atomic mass is 10.0. The number of allylic oxidation sites excluding steroid dienone is 1. The van der Waals surface area contributed by atoms with Crippen molar-refractivity contribution in [1.29, 1.82) is 0 Å². The molecule has 0 atom stereocenters. The van der Waals surface area contributed by atoms with E-state index in [4.69, 9.17) is 5.11 Å². The van der Waals surface area contributed by atoms with E-state index in [-0.39, 0.29) is 6.42 Å². The molecule has 1 rings (SSSR count). The van der Waals surface area contributed by atoms with Gasteiger partial charge < -0.3 is 5.11 Å². The number of aryl methyl sites for hydroxylation is 1. The molecular formula is C22H34O2. The summed E-state index contributed by atoms with van der Waals surface area (Å²) in [6.07, 6.45) is 18.5. The van der Waals surface area contributed by atoms with Crippen molar-refractivity contribution in [2.24, 2.45) is 0 Å². The maximum atomic E-state index is 10.7. The predicted octanol–water partition coefficient (Wildman–Crippen LogP) is 6.64. The van der Waals surface area contributed by atoms with Crippen molar-refractivity contribution < 1.29 is 9.90 Å². The second-order valence-electron chi connectivity index (χ2n) is 6.61. The van der Waals surface area contributed by atoms with E-state index >= 15 is 0 Å². The fourth-order valence-electron chi connectivity index (χ4n) is 2.95. The molecule has 0 saturated carbocycles. The minimum atomic E-state index is -0.733. The van der Waals surface area contributed by atoms with Crippen LogP contribution in [0.5, 0.6) is 0 Å². The van der Waals surface area contributed by atoms with E-state index < -0.39 is 5.97 Å². The van der Waals surface area contributed by atoms with E-state index in [0.717, 1.165) is 17.5 Å². The molecule has 0 fully saturated rings. The fraction of sp³-hybridized carbons (Fsp3) is 0.591. The van der Waals surface area contributed by atoms with Gasteiger partial charge in [-0.25, -0.2) is 0 Å². The SMILES string of the molecule is CCCCCCCCCCC/C=C\c1ccccc1CCC(=O)O. The molecule has 2 heteroatoms. The van der Waals surface area contributed by atoms with E-state index in [2.05, 4.69) is 25.1 Å². The quantitative estimate of drug-likeness (QED) is 0.388. The van der Waals surface area contributed by atoms with Gasteiger partial charge in [0, 0.05) is 6.42 Å². The number of hydrogen-bond acceptors (Lipinski definition) is 1. The largest absolute Gasteiger partial charge is 0.481 e. The number of unbranched alkanes of at least 4 members (excludes halogenated alkanes) is 9. The zero-order valence-electron chi connectivity index (χ0n) is 15.3. The number of aliphatic carboxylic acids is 1. The molecule has 0 bridgehead atoms. The molecule has 0 aromatic heterocycles. The summed E-state index contributed by atoms with van der Waals surface area (Å²) in [5.74, 6) is -0.733. The molecule has 0 saturated heterocycles. The Balaban J connectivity index is 2.15. The number of carbonyl (C=O) groups is 1. The lowest BCUT2D eigenvalue weighted by Crippen LogP contribution is -1.98. The van der Waals surface area contributed by atoms with Gasteiger partial charge >= 0.3 is 5.97 Å². The first-order valence-electron chi connectivity index (χ1n) is 9.70. The third kappa shape index (κ3) is 10.3. The molecule has 0 amide bonds. The standard InChI is InChI=1S/C22H34O2/c1-2-3-4-5-6-7-8-9-10-11-12-15-20-16-13-14-17-21(20)18-19-22(23)24/h12-17H,2-11,18-19H2,1H3,(H,23,24)/b15-12-. The minimum absolute atomic E-state index is 0.198. The second-order valence-corrected chi connectivity index (χ2v) is 6.61. The van der Waals surface area contributed by atoms with Crippen LogP contribution in [-0.2, 0) is 11.2 Å². The van der Waals surface area contributed by atoms with Crippen LogP contribution in [0.2, 0.25) is 0 Å². The minimum Gasteiger partial charge on any atom is -0.481 e. The molecule has 0 heterocycles. The van der Waals surface area contributed by atoms with Gasteiger partial charge in [-0.3, -0.25) is 4.79 Å². The Morgan fingerprint density at radius 1 is 0.958 bits per heavy atom. The number of hydrogen-bond donors (Lipinski definition) is 1. The Morgan fingerprint density at radius 3 is 2.25 bits per heavy atom. The summed E-state index contributed by atoms with van der Waals surface area (Å²) in [6.45, 7) is 2.26. The van der Waals surface area contributed by atoms with Gasteiger partial charge in [-0.2, -0.15) is 0 Å². The van der Waals surface area contributed by atoms with Crippen LogP contribution in [0, 0.1) is 0 Å². The molecule has 0 unspecified atom stereocenters. The molecule has 1 N–H and O–H groups in total. The van der Waals surface area contributed by atoms with Gasteiger partial charge in [-0.05, 0) is 30.4 Å². The average Bonchev–Trinajstić information content (AvgIpc) is 2.58. The number of carboxylic acid groups (broad SMARTS) is 1. The summed E-state index contributed by atoms with van der Waals surface area (Å²) in [6, 6.07) is 8.10. The highest BCUT2D eigenvalue weighted by Crippen LogP contribution is 2.15. The highest BCUT2D eigenvalue weighted by molar-refractivity contribution is 5.67. The molecule has 1 aromatic rings. The maximum absolute atomic E-state index is 10.7. The molecule has 0 spiro atoms. The van der Waals surface area contributed by atoms with E-state index in [1.165, 1.54) is 57.8 Å². The molecule has 2 nitrogen and oxygen atoms in total. The van der Waals surface area contributed by atoms with E-state index in [1.807, 2.05) is 18.2 Å². The normalized spacial score (nSPS) is 11.2. The topological polar surface area (TPSA) is 37.3 Å². The third-order valence-corrected chi connectivity index (χ3v) is 4.44.